The summed E-state index contributed by atoms with van der Waals surface area (Å²) in [6, 6.07) is 2.75. The molecule has 3 amide bonds. The first kappa shape index (κ1) is 52.4. The van der Waals surface area contributed by atoms with Crippen molar-refractivity contribution in [1.29, 1.82) is 0 Å². The highest BCUT2D eigenvalue weighted by Crippen LogP contribution is 2.30. The third kappa shape index (κ3) is 23.1. The van der Waals surface area contributed by atoms with Crippen LogP contribution in [0.15, 0.2) is 39.4 Å². The molecule has 1 aromatic rings. The fraction of sp³-hybridized carbons (Fsp3) is 0.714. The zero-order chi connectivity index (χ0) is 44.8. The summed E-state index contributed by atoms with van der Waals surface area (Å²) >= 11 is 0. The van der Waals surface area contributed by atoms with E-state index in [0.29, 0.717) is 38.6 Å². The van der Waals surface area contributed by atoms with Crippen molar-refractivity contribution in [1.82, 2.24) is 9.96 Å². The van der Waals surface area contributed by atoms with E-state index in [1.54, 1.807) is 0 Å². The summed E-state index contributed by atoms with van der Waals surface area (Å²) in [6.45, 7) is 3.78. The number of benzene rings is 1. The zero-order valence-corrected chi connectivity index (χ0v) is 34.3. The minimum absolute atomic E-state index is 0.0226. The van der Waals surface area contributed by atoms with Gasteiger partial charge in [-0.2, -0.15) is 13.2 Å². The smallest absolute Gasteiger partial charge is 0.428 e. The van der Waals surface area contributed by atoms with Crippen LogP contribution in [0.1, 0.15) is 44.1 Å². The minimum Gasteiger partial charge on any atom is -0.428 e. The molecule has 342 valence electrons. The number of amides is 3. The second kappa shape index (κ2) is 30.3. The topological polar surface area (TPSA) is 280 Å². The summed E-state index contributed by atoms with van der Waals surface area (Å²) in [5.41, 5.74) is 15.5. The molecule has 1 aliphatic rings. The van der Waals surface area contributed by atoms with Gasteiger partial charge in [0.1, 0.15) is 6.10 Å². The number of nitrogens with zero attached hydrogens (tertiary/aromatic N) is 8. The van der Waals surface area contributed by atoms with Crippen molar-refractivity contribution in [2.75, 3.05) is 111 Å². The Kier molecular flexibility index (Phi) is 26.0. The van der Waals surface area contributed by atoms with Crippen LogP contribution in [0, 0.1) is 0 Å². The molecule has 1 aromatic carbocycles. The van der Waals surface area contributed by atoms with E-state index in [9.17, 15) is 40.8 Å². The van der Waals surface area contributed by atoms with Crippen LogP contribution in [-0.2, 0) is 68.4 Å². The van der Waals surface area contributed by atoms with Crippen molar-refractivity contribution in [3.8, 4) is 0 Å². The number of imide groups is 1. The van der Waals surface area contributed by atoms with E-state index in [1.165, 1.54) is 4.90 Å². The number of hydrogen-bond donors (Lipinski definition) is 0. The monoisotopic (exact) mass is 896 g/mol. The molecular formula is C35H51F3N8O14S. The molecule has 2 rings (SSSR count). The first-order valence-corrected chi connectivity index (χ1v) is 20.8. The van der Waals surface area contributed by atoms with Crippen molar-refractivity contribution < 1.29 is 78.8 Å². The molecule has 1 fully saturated rings. The summed E-state index contributed by atoms with van der Waals surface area (Å²) in [6.07, 6.45) is -7.96. The number of hydroxylamine groups is 2. The van der Waals surface area contributed by atoms with Gasteiger partial charge < -0.3 is 38.1 Å². The van der Waals surface area contributed by atoms with E-state index in [4.69, 9.17) is 49.1 Å². The molecular weight excluding hydrogens is 845 g/mol. The predicted octanol–water partition coefficient (Wildman–Crippen LogP) is 4.17. The normalized spacial score (nSPS) is 13.4. The lowest BCUT2D eigenvalue weighted by atomic mass is 10.1. The molecule has 1 atom stereocenters. The van der Waals surface area contributed by atoms with Gasteiger partial charge >= 0.3 is 12.3 Å². The van der Waals surface area contributed by atoms with Crippen LogP contribution in [0.4, 0.5) is 18.0 Å². The van der Waals surface area contributed by atoms with Crippen molar-refractivity contribution in [2.45, 2.75) is 55.7 Å². The Balaban J connectivity index is 1.94. The first-order chi connectivity index (χ1) is 29.3. The Morgan fingerprint density at radius 3 is 1.66 bits per heavy atom. The number of halogens is 3. The molecule has 0 aromatic heterocycles. The molecule has 0 spiro atoms. The van der Waals surface area contributed by atoms with Gasteiger partial charge in [-0.1, -0.05) is 15.3 Å². The maximum Gasteiger partial charge on any atom is 0.534 e. The van der Waals surface area contributed by atoms with Crippen LogP contribution in [0.2, 0.25) is 0 Å². The van der Waals surface area contributed by atoms with Crippen LogP contribution in [0.25, 0.3) is 20.9 Å². The number of unbranched alkanes of at least 4 members (excludes halogenated alkanes) is 1. The van der Waals surface area contributed by atoms with Gasteiger partial charge in [0, 0.05) is 55.3 Å². The molecule has 1 aliphatic heterocycles. The van der Waals surface area contributed by atoms with Crippen LogP contribution in [-0.4, -0.2) is 160 Å². The van der Waals surface area contributed by atoms with E-state index in [0.717, 1.165) is 12.1 Å². The summed E-state index contributed by atoms with van der Waals surface area (Å²) in [5.74, 6) is -2.79. The van der Waals surface area contributed by atoms with Crippen molar-refractivity contribution in [3.63, 3.8) is 0 Å². The lowest BCUT2D eigenvalue weighted by molar-refractivity contribution is -0.178. The molecule has 0 N–H and O–H groups in total. The fourth-order valence-corrected chi connectivity index (χ4v) is 6.63. The molecule has 1 saturated heterocycles. The van der Waals surface area contributed by atoms with E-state index in [-0.39, 0.29) is 129 Å². The highest BCUT2D eigenvalue weighted by atomic mass is 32.2. The zero-order valence-electron chi connectivity index (χ0n) is 33.5. The van der Waals surface area contributed by atoms with Gasteiger partial charge in [0.25, 0.3) is 11.8 Å². The molecule has 61 heavy (non-hydrogen) atoms. The summed E-state index contributed by atoms with van der Waals surface area (Å²) < 4.78 is 103. The van der Waals surface area contributed by atoms with Gasteiger partial charge in [0.05, 0.1) is 95.5 Å². The van der Waals surface area contributed by atoms with Crippen LogP contribution in [0.5, 0.6) is 0 Å². The number of carbonyl (C=O) groups excluding carboxylic acids is 4. The van der Waals surface area contributed by atoms with Crippen molar-refractivity contribution in [3.05, 3.63) is 50.7 Å². The quantitative estimate of drug-likeness (QED) is 0.0234. The van der Waals surface area contributed by atoms with Gasteiger partial charge in [0.2, 0.25) is 5.91 Å². The van der Waals surface area contributed by atoms with Gasteiger partial charge in [-0.3, -0.25) is 19.2 Å². The van der Waals surface area contributed by atoms with Crippen LogP contribution < -0.4 is 0 Å². The molecule has 1 heterocycles. The van der Waals surface area contributed by atoms with Gasteiger partial charge in [0.15, 0.2) is 9.84 Å². The lowest BCUT2D eigenvalue weighted by Crippen LogP contribution is -2.37. The van der Waals surface area contributed by atoms with E-state index in [1.807, 2.05) is 0 Å². The lowest BCUT2D eigenvalue weighted by Gasteiger charge is -2.23. The Labute approximate surface area is 349 Å². The highest BCUT2D eigenvalue weighted by molar-refractivity contribution is 7.91. The Morgan fingerprint density at radius 1 is 0.738 bits per heavy atom. The molecule has 0 bridgehead atoms. The molecule has 22 nitrogen and oxygen atoms in total. The number of carbonyl (C=O) groups is 4. The first-order valence-electron chi connectivity index (χ1n) is 19.2. The van der Waals surface area contributed by atoms with E-state index in [2.05, 4.69) is 20.1 Å². The summed E-state index contributed by atoms with van der Waals surface area (Å²) in [7, 11) is -4.35. The molecule has 0 saturated carbocycles. The average molecular weight is 897 g/mol. The highest BCUT2D eigenvalue weighted by Gasteiger charge is 2.35. The maximum absolute atomic E-state index is 13.3. The average Bonchev–Trinajstić information content (AvgIpc) is 3.53. The van der Waals surface area contributed by atoms with Crippen molar-refractivity contribution in [2.24, 2.45) is 10.2 Å². The fourth-order valence-electron chi connectivity index (χ4n) is 5.16. The van der Waals surface area contributed by atoms with E-state index < -0.39 is 56.3 Å². The second-order valence-electron chi connectivity index (χ2n) is 12.7. The largest absolute Gasteiger partial charge is 0.534 e. The number of ether oxygens (including phenoxy) is 7. The maximum atomic E-state index is 13.3. The molecule has 0 aliphatic carbocycles. The third-order valence-electron chi connectivity index (χ3n) is 8.20. The third-order valence-corrected chi connectivity index (χ3v) is 10.00. The van der Waals surface area contributed by atoms with Gasteiger partial charge in [-0.15, -0.1) is 0 Å². The SMILES string of the molecule is [N-]=[N+]=NCCOCCOCCOCCN(CCOCCOCCOCCN=[N+]=[N-])C(=O)CCCCC(CS(=O)(=O)c1ccc(C(F)(F)F)cc1)OC(=O)ON1C(=O)CCC1=O. The molecule has 0 radical (unpaired) electrons. The van der Waals surface area contributed by atoms with Crippen molar-refractivity contribution >= 4 is 33.7 Å². The Morgan fingerprint density at radius 2 is 1.20 bits per heavy atom. The summed E-state index contributed by atoms with van der Waals surface area (Å²) in [4.78, 5) is 60.8. The predicted molar refractivity (Wildman–Crippen MR) is 204 cm³/mol. The Hall–Kier alpha value is -4.78. The van der Waals surface area contributed by atoms with Crippen LogP contribution >= 0.6 is 0 Å². The van der Waals surface area contributed by atoms with Gasteiger partial charge in [-0.25, -0.2) is 13.2 Å². The number of sulfone groups is 1. The number of azide groups is 2. The Bertz CT molecular complexity index is 1640. The number of hydrogen-bond acceptors (Lipinski definition) is 16. The van der Waals surface area contributed by atoms with Crippen LogP contribution in [0.3, 0.4) is 0 Å². The van der Waals surface area contributed by atoms with E-state index >= 15 is 0 Å². The minimum atomic E-state index is -4.71. The number of alkyl halides is 3. The molecule has 26 heteroatoms. The van der Waals surface area contributed by atoms with Gasteiger partial charge in [-0.05, 0) is 54.6 Å². The molecule has 1 unspecified atom stereocenters. The number of rotatable bonds is 34. The summed E-state index contributed by atoms with van der Waals surface area (Å²) in [5, 5.41) is 6.92. The second-order valence-corrected chi connectivity index (χ2v) is 14.7. The standard InChI is InChI=1S/C35H51F3N8O14S/c36-35(37,38)28-5-7-30(8-6-28)61(51,52)27-29(59-34(50)60-46-32(48)9-10-33(46)49)3-1-2-4-31(47)45(13-17-55-21-25-57-23-19-53-15-11-41-43-39)14-18-56-22-26-58-24-20-54-16-12-42-44-40/h5-8,29H,1-4,9-27H2.